The van der Waals surface area contributed by atoms with Crippen LogP contribution in [0.2, 0.25) is 0 Å². The lowest BCUT2D eigenvalue weighted by Crippen LogP contribution is -2.37. The van der Waals surface area contributed by atoms with Crippen LogP contribution in [-0.2, 0) is 0 Å². The van der Waals surface area contributed by atoms with Crippen molar-refractivity contribution < 1.29 is 14.7 Å². The summed E-state index contributed by atoms with van der Waals surface area (Å²) >= 11 is 1.82. The van der Waals surface area contributed by atoms with Crippen molar-refractivity contribution in [2.24, 2.45) is 0 Å². The van der Waals surface area contributed by atoms with Gasteiger partial charge in [0, 0.05) is 18.8 Å². The Morgan fingerprint density at radius 1 is 1.33 bits per heavy atom. The van der Waals surface area contributed by atoms with Crippen molar-refractivity contribution in [3.63, 3.8) is 0 Å². The van der Waals surface area contributed by atoms with E-state index >= 15 is 0 Å². The van der Waals surface area contributed by atoms with E-state index in [1.807, 2.05) is 11.8 Å². The van der Waals surface area contributed by atoms with E-state index in [1.165, 1.54) is 6.07 Å². The third kappa shape index (κ3) is 2.51. The molecular weight excluding hydrogens is 250 g/mol. The third-order valence-electron chi connectivity index (χ3n) is 3.16. The SMILES string of the molecule is CN(C(=O)c1ccccc1C(=O)O)C1CCSC1. The Balaban J connectivity index is 2.25. The number of hydrogen-bond donors (Lipinski definition) is 1. The van der Waals surface area contributed by atoms with Crippen LogP contribution in [0.1, 0.15) is 27.1 Å². The Bertz CT molecular complexity index is 469. The molecule has 0 spiro atoms. The van der Waals surface area contributed by atoms with Crippen molar-refractivity contribution in [3.05, 3.63) is 35.4 Å². The number of benzene rings is 1. The zero-order chi connectivity index (χ0) is 13.1. The minimum absolute atomic E-state index is 0.0694. The monoisotopic (exact) mass is 265 g/mol. The Morgan fingerprint density at radius 2 is 2.00 bits per heavy atom. The summed E-state index contributed by atoms with van der Waals surface area (Å²) in [6.45, 7) is 0. The molecule has 1 fully saturated rings. The number of hydrogen-bond acceptors (Lipinski definition) is 3. The lowest BCUT2D eigenvalue weighted by Gasteiger charge is -2.24. The van der Waals surface area contributed by atoms with Crippen molar-refractivity contribution >= 4 is 23.6 Å². The summed E-state index contributed by atoms with van der Waals surface area (Å²) in [6, 6.07) is 6.57. The lowest BCUT2D eigenvalue weighted by molar-refractivity contribution is 0.0673. The van der Waals surface area contributed by atoms with E-state index in [-0.39, 0.29) is 23.1 Å². The number of thioether (sulfide) groups is 1. The first kappa shape index (κ1) is 13.0. The Labute approximate surface area is 110 Å². The molecule has 5 heteroatoms. The van der Waals surface area contributed by atoms with Crippen molar-refractivity contribution in [3.8, 4) is 0 Å². The number of carboxylic acids is 1. The molecule has 96 valence electrons. The summed E-state index contributed by atoms with van der Waals surface area (Å²) < 4.78 is 0. The van der Waals surface area contributed by atoms with E-state index in [2.05, 4.69) is 0 Å². The molecule has 0 bridgehead atoms. The summed E-state index contributed by atoms with van der Waals surface area (Å²) in [7, 11) is 1.75. The smallest absolute Gasteiger partial charge is 0.336 e. The van der Waals surface area contributed by atoms with E-state index in [1.54, 1.807) is 30.1 Å². The summed E-state index contributed by atoms with van der Waals surface area (Å²) in [5, 5.41) is 9.09. The molecule has 1 unspecified atom stereocenters. The molecule has 1 aliphatic heterocycles. The molecule has 0 saturated carbocycles. The predicted molar refractivity (Wildman–Crippen MR) is 71.2 cm³/mol. The van der Waals surface area contributed by atoms with Gasteiger partial charge in [0.2, 0.25) is 0 Å². The normalized spacial score (nSPS) is 18.6. The average Bonchev–Trinajstić information content (AvgIpc) is 2.90. The fourth-order valence-corrected chi connectivity index (χ4v) is 3.31. The number of amides is 1. The van der Waals surface area contributed by atoms with E-state index in [4.69, 9.17) is 5.11 Å². The number of rotatable bonds is 3. The fraction of sp³-hybridized carbons (Fsp3) is 0.385. The molecule has 2 rings (SSSR count). The third-order valence-corrected chi connectivity index (χ3v) is 4.31. The first-order chi connectivity index (χ1) is 8.61. The average molecular weight is 265 g/mol. The van der Waals surface area contributed by atoms with Gasteiger partial charge in [0.25, 0.3) is 5.91 Å². The quantitative estimate of drug-likeness (QED) is 0.907. The number of aromatic carboxylic acids is 1. The van der Waals surface area contributed by atoms with E-state index in [0.29, 0.717) is 0 Å². The maximum atomic E-state index is 12.3. The molecule has 1 saturated heterocycles. The summed E-state index contributed by atoms with van der Waals surface area (Å²) in [6.07, 6.45) is 0.974. The van der Waals surface area contributed by atoms with Gasteiger partial charge in [-0.1, -0.05) is 12.1 Å². The molecule has 1 atom stereocenters. The van der Waals surface area contributed by atoms with Gasteiger partial charge < -0.3 is 10.0 Å². The minimum Gasteiger partial charge on any atom is -0.478 e. The highest BCUT2D eigenvalue weighted by atomic mass is 32.2. The molecule has 0 aliphatic carbocycles. The molecule has 4 nitrogen and oxygen atoms in total. The van der Waals surface area contributed by atoms with E-state index in [0.717, 1.165) is 17.9 Å². The minimum atomic E-state index is -1.06. The molecule has 0 radical (unpaired) electrons. The number of nitrogens with zero attached hydrogens (tertiary/aromatic N) is 1. The van der Waals surface area contributed by atoms with Crippen LogP contribution in [-0.4, -0.2) is 46.5 Å². The van der Waals surface area contributed by atoms with Crippen LogP contribution < -0.4 is 0 Å². The van der Waals surface area contributed by atoms with Crippen molar-refractivity contribution in [2.45, 2.75) is 12.5 Å². The molecule has 1 aromatic carbocycles. The van der Waals surface area contributed by atoms with Gasteiger partial charge in [-0.3, -0.25) is 4.79 Å². The van der Waals surface area contributed by atoms with Gasteiger partial charge in [0.1, 0.15) is 0 Å². The molecule has 1 aliphatic rings. The molecular formula is C13H15NO3S. The molecule has 1 amide bonds. The number of carboxylic acid groups (broad SMARTS) is 1. The number of carbonyl (C=O) groups excluding carboxylic acids is 1. The van der Waals surface area contributed by atoms with Crippen molar-refractivity contribution in [1.29, 1.82) is 0 Å². The van der Waals surface area contributed by atoms with Crippen LogP contribution in [0.25, 0.3) is 0 Å². The Morgan fingerprint density at radius 3 is 2.56 bits per heavy atom. The first-order valence-electron chi connectivity index (χ1n) is 5.78. The summed E-state index contributed by atoms with van der Waals surface area (Å²) in [5.41, 5.74) is 0.337. The second-order valence-electron chi connectivity index (χ2n) is 4.28. The predicted octanol–water partition coefficient (Wildman–Crippen LogP) is 1.96. The largest absolute Gasteiger partial charge is 0.478 e. The van der Waals surface area contributed by atoms with Crippen LogP contribution in [0.15, 0.2) is 24.3 Å². The number of carbonyl (C=O) groups is 2. The maximum absolute atomic E-state index is 12.3. The van der Waals surface area contributed by atoms with Gasteiger partial charge in [-0.25, -0.2) is 4.79 Å². The summed E-state index contributed by atoms with van der Waals surface area (Å²) in [4.78, 5) is 25.1. The second-order valence-corrected chi connectivity index (χ2v) is 5.43. The highest BCUT2D eigenvalue weighted by molar-refractivity contribution is 7.99. The van der Waals surface area contributed by atoms with Crippen molar-refractivity contribution in [1.82, 2.24) is 4.90 Å². The molecule has 1 N–H and O–H groups in total. The molecule has 1 aromatic rings. The van der Waals surface area contributed by atoms with Crippen molar-refractivity contribution in [2.75, 3.05) is 18.6 Å². The van der Waals surface area contributed by atoms with Gasteiger partial charge in [-0.15, -0.1) is 0 Å². The van der Waals surface area contributed by atoms with Gasteiger partial charge in [-0.2, -0.15) is 11.8 Å². The lowest BCUT2D eigenvalue weighted by atomic mass is 10.1. The molecule has 1 heterocycles. The van der Waals surface area contributed by atoms with E-state index < -0.39 is 5.97 Å². The highest BCUT2D eigenvalue weighted by Gasteiger charge is 2.26. The van der Waals surface area contributed by atoms with Gasteiger partial charge >= 0.3 is 5.97 Å². The fourth-order valence-electron chi connectivity index (χ4n) is 2.04. The standard InChI is InChI=1S/C13H15NO3S/c1-14(9-6-7-18-8-9)12(15)10-4-2-3-5-11(10)13(16)17/h2-5,9H,6-8H2,1H3,(H,16,17). The van der Waals surface area contributed by atoms with Gasteiger partial charge in [-0.05, 0) is 24.3 Å². The van der Waals surface area contributed by atoms with Crippen LogP contribution in [0.3, 0.4) is 0 Å². The van der Waals surface area contributed by atoms with Crippen LogP contribution >= 0.6 is 11.8 Å². The first-order valence-corrected chi connectivity index (χ1v) is 6.94. The highest BCUT2D eigenvalue weighted by Crippen LogP contribution is 2.23. The Kier molecular flexibility index (Phi) is 3.91. The van der Waals surface area contributed by atoms with Crippen LogP contribution in [0.4, 0.5) is 0 Å². The summed E-state index contributed by atoms with van der Waals surface area (Å²) in [5.74, 6) is 0.717. The van der Waals surface area contributed by atoms with Crippen LogP contribution in [0, 0.1) is 0 Å². The Hall–Kier alpha value is -1.49. The molecule has 0 aromatic heterocycles. The zero-order valence-electron chi connectivity index (χ0n) is 10.1. The zero-order valence-corrected chi connectivity index (χ0v) is 10.9. The second kappa shape index (κ2) is 5.44. The van der Waals surface area contributed by atoms with Crippen LogP contribution in [0.5, 0.6) is 0 Å². The van der Waals surface area contributed by atoms with Gasteiger partial charge in [0.05, 0.1) is 11.1 Å². The maximum Gasteiger partial charge on any atom is 0.336 e. The topological polar surface area (TPSA) is 57.6 Å². The molecule has 18 heavy (non-hydrogen) atoms. The van der Waals surface area contributed by atoms with Gasteiger partial charge in [0.15, 0.2) is 0 Å². The van der Waals surface area contributed by atoms with E-state index in [9.17, 15) is 9.59 Å².